The SMILES string of the molecule is CCc1cnc(CCNC(=NC)NCc2ccc(OCC(F)(F)F)c(OC)c2)s1. The largest absolute Gasteiger partial charge is 0.493 e. The van der Waals surface area contributed by atoms with Crippen molar-refractivity contribution in [2.75, 3.05) is 27.3 Å². The van der Waals surface area contributed by atoms with Gasteiger partial charge in [-0.15, -0.1) is 11.3 Å². The van der Waals surface area contributed by atoms with Gasteiger partial charge in [0.2, 0.25) is 0 Å². The molecule has 1 heterocycles. The highest BCUT2D eigenvalue weighted by atomic mass is 32.1. The van der Waals surface area contributed by atoms with Gasteiger partial charge in [-0.05, 0) is 24.1 Å². The molecule has 0 aliphatic carbocycles. The Morgan fingerprint density at radius 1 is 1.24 bits per heavy atom. The third kappa shape index (κ3) is 7.80. The molecule has 2 rings (SSSR count). The number of methoxy groups -OCH3 is 1. The minimum atomic E-state index is -4.40. The van der Waals surface area contributed by atoms with Crippen LogP contribution >= 0.6 is 11.3 Å². The van der Waals surface area contributed by atoms with Crippen LogP contribution in [0, 0.1) is 0 Å². The summed E-state index contributed by atoms with van der Waals surface area (Å²) in [4.78, 5) is 9.81. The number of halogens is 3. The van der Waals surface area contributed by atoms with Crippen LogP contribution in [0.5, 0.6) is 11.5 Å². The van der Waals surface area contributed by atoms with Crippen LogP contribution in [0.3, 0.4) is 0 Å². The zero-order valence-electron chi connectivity index (χ0n) is 16.6. The van der Waals surface area contributed by atoms with E-state index in [4.69, 9.17) is 9.47 Å². The number of nitrogens with one attached hydrogen (secondary N) is 2. The van der Waals surface area contributed by atoms with Crippen LogP contribution in [0.4, 0.5) is 13.2 Å². The van der Waals surface area contributed by atoms with Crippen LogP contribution in [0.15, 0.2) is 29.4 Å². The van der Waals surface area contributed by atoms with E-state index >= 15 is 0 Å². The molecule has 0 bridgehead atoms. The first-order valence-electron chi connectivity index (χ1n) is 9.09. The van der Waals surface area contributed by atoms with Gasteiger partial charge in [0.15, 0.2) is 24.1 Å². The number of hydrogen-bond acceptors (Lipinski definition) is 5. The van der Waals surface area contributed by atoms with E-state index in [0.717, 1.165) is 23.4 Å². The third-order valence-corrected chi connectivity index (χ3v) is 5.09. The molecule has 0 unspecified atom stereocenters. The van der Waals surface area contributed by atoms with Gasteiger partial charge in [-0.2, -0.15) is 13.2 Å². The van der Waals surface area contributed by atoms with Crippen LogP contribution in [0.25, 0.3) is 0 Å². The lowest BCUT2D eigenvalue weighted by molar-refractivity contribution is -0.153. The number of ether oxygens (including phenoxy) is 2. The molecule has 1 aromatic heterocycles. The van der Waals surface area contributed by atoms with Gasteiger partial charge in [0.05, 0.1) is 12.1 Å². The van der Waals surface area contributed by atoms with Gasteiger partial charge in [0.1, 0.15) is 0 Å². The topological polar surface area (TPSA) is 67.8 Å². The number of aromatic nitrogens is 1. The normalized spacial score (nSPS) is 12.0. The maximum absolute atomic E-state index is 12.3. The highest BCUT2D eigenvalue weighted by Crippen LogP contribution is 2.29. The number of aliphatic imine (C=N–C) groups is 1. The molecular formula is C19H25F3N4O2S. The molecule has 6 nitrogen and oxygen atoms in total. The Hall–Kier alpha value is -2.49. The van der Waals surface area contributed by atoms with Crippen molar-refractivity contribution in [2.24, 2.45) is 4.99 Å². The molecule has 10 heteroatoms. The Balaban J connectivity index is 1.84. The van der Waals surface area contributed by atoms with Crippen molar-refractivity contribution < 1.29 is 22.6 Å². The van der Waals surface area contributed by atoms with E-state index in [-0.39, 0.29) is 11.5 Å². The molecule has 0 fully saturated rings. The number of aryl methyl sites for hydroxylation is 1. The summed E-state index contributed by atoms with van der Waals surface area (Å²) in [6.07, 6.45) is -0.717. The van der Waals surface area contributed by atoms with E-state index < -0.39 is 12.8 Å². The van der Waals surface area contributed by atoms with Gasteiger partial charge in [-0.25, -0.2) is 4.98 Å². The van der Waals surface area contributed by atoms with Gasteiger partial charge in [0, 0.05) is 37.6 Å². The van der Waals surface area contributed by atoms with Crippen LogP contribution in [0.1, 0.15) is 22.4 Å². The molecule has 160 valence electrons. The molecule has 0 atom stereocenters. The molecule has 0 aliphatic heterocycles. The summed E-state index contributed by atoms with van der Waals surface area (Å²) in [6.45, 7) is 1.85. The summed E-state index contributed by atoms with van der Waals surface area (Å²) in [5.74, 6) is 0.909. The van der Waals surface area contributed by atoms with Crippen LogP contribution < -0.4 is 20.1 Å². The van der Waals surface area contributed by atoms with Gasteiger partial charge in [-0.3, -0.25) is 4.99 Å². The summed E-state index contributed by atoms with van der Waals surface area (Å²) < 4.78 is 46.9. The van der Waals surface area contributed by atoms with Crippen molar-refractivity contribution >= 4 is 17.3 Å². The first kappa shape index (κ1) is 22.8. The lowest BCUT2D eigenvalue weighted by Crippen LogP contribution is -2.37. The molecule has 1 aromatic carbocycles. The monoisotopic (exact) mass is 430 g/mol. The number of thiazole rings is 1. The fraction of sp³-hybridized carbons (Fsp3) is 0.474. The first-order valence-corrected chi connectivity index (χ1v) is 9.90. The minimum absolute atomic E-state index is 0.0472. The minimum Gasteiger partial charge on any atom is -0.493 e. The molecule has 0 amide bonds. The lowest BCUT2D eigenvalue weighted by atomic mass is 10.2. The van der Waals surface area contributed by atoms with Crippen molar-refractivity contribution in [2.45, 2.75) is 32.5 Å². The average Bonchev–Trinajstić information content (AvgIpc) is 3.16. The van der Waals surface area contributed by atoms with Crippen molar-refractivity contribution in [1.82, 2.24) is 15.6 Å². The summed E-state index contributed by atoms with van der Waals surface area (Å²) in [5, 5.41) is 7.45. The molecular weight excluding hydrogens is 405 g/mol. The fourth-order valence-corrected chi connectivity index (χ4v) is 3.28. The Labute approximate surface area is 172 Å². The van der Waals surface area contributed by atoms with Gasteiger partial charge >= 0.3 is 6.18 Å². The number of nitrogens with zero attached hydrogens (tertiary/aromatic N) is 2. The second-order valence-corrected chi connectivity index (χ2v) is 7.27. The Morgan fingerprint density at radius 2 is 2.03 bits per heavy atom. The van der Waals surface area contributed by atoms with Gasteiger partial charge in [-0.1, -0.05) is 13.0 Å². The highest BCUT2D eigenvalue weighted by Gasteiger charge is 2.29. The number of rotatable bonds is 9. The second-order valence-electron chi connectivity index (χ2n) is 6.07. The molecule has 0 aliphatic rings. The van der Waals surface area contributed by atoms with E-state index in [1.165, 1.54) is 18.1 Å². The molecule has 2 N–H and O–H groups in total. The molecule has 0 radical (unpaired) electrons. The summed E-state index contributed by atoms with van der Waals surface area (Å²) in [7, 11) is 3.05. The molecule has 0 spiro atoms. The third-order valence-electron chi connectivity index (χ3n) is 3.88. The zero-order valence-corrected chi connectivity index (χ0v) is 17.4. The van der Waals surface area contributed by atoms with Crippen LogP contribution in [-0.4, -0.2) is 44.4 Å². The van der Waals surface area contributed by atoms with Crippen LogP contribution in [0.2, 0.25) is 0 Å². The van der Waals surface area contributed by atoms with Crippen LogP contribution in [-0.2, 0) is 19.4 Å². The quantitative estimate of drug-likeness (QED) is 0.470. The molecule has 0 saturated carbocycles. The van der Waals surface area contributed by atoms with E-state index in [9.17, 15) is 13.2 Å². The Kier molecular flexibility index (Phi) is 8.56. The highest BCUT2D eigenvalue weighted by molar-refractivity contribution is 7.11. The van der Waals surface area contributed by atoms with Gasteiger partial charge in [0.25, 0.3) is 0 Å². The fourth-order valence-electron chi connectivity index (χ4n) is 2.42. The summed E-state index contributed by atoms with van der Waals surface area (Å²) in [6, 6.07) is 4.77. The van der Waals surface area contributed by atoms with E-state index in [2.05, 4.69) is 27.5 Å². The molecule has 2 aromatic rings. The predicted octanol–water partition coefficient (Wildman–Crippen LogP) is 3.56. The smallest absolute Gasteiger partial charge is 0.422 e. The molecule has 0 saturated heterocycles. The number of guanidine groups is 1. The van der Waals surface area contributed by atoms with Crippen molar-refractivity contribution in [3.8, 4) is 11.5 Å². The standard InChI is InChI=1S/C19H25F3N4O2S/c1-4-14-11-25-17(29-14)7-8-24-18(23-2)26-10-13-5-6-15(16(9-13)27-3)28-12-19(20,21)22/h5-6,9,11H,4,7-8,10,12H2,1-3H3,(H2,23,24,26). The number of hydrogen-bond donors (Lipinski definition) is 2. The van der Waals surface area contributed by atoms with Crippen molar-refractivity contribution in [1.29, 1.82) is 0 Å². The van der Waals surface area contributed by atoms with E-state index in [0.29, 0.717) is 19.0 Å². The Bertz CT molecular complexity index is 809. The Morgan fingerprint density at radius 3 is 2.66 bits per heavy atom. The first-order chi connectivity index (χ1) is 13.8. The predicted molar refractivity (Wildman–Crippen MR) is 108 cm³/mol. The van der Waals surface area contributed by atoms with E-state index in [1.54, 1.807) is 30.5 Å². The summed E-state index contributed by atoms with van der Waals surface area (Å²) in [5.41, 5.74) is 0.816. The second kappa shape index (κ2) is 10.9. The maximum atomic E-state index is 12.3. The summed E-state index contributed by atoms with van der Waals surface area (Å²) >= 11 is 1.71. The average molecular weight is 430 g/mol. The number of alkyl halides is 3. The maximum Gasteiger partial charge on any atom is 0.422 e. The molecule has 29 heavy (non-hydrogen) atoms. The van der Waals surface area contributed by atoms with Crippen molar-refractivity contribution in [3.05, 3.63) is 39.8 Å². The van der Waals surface area contributed by atoms with E-state index in [1.807, 2.05) is 6.20 Å². The van der Waals surface area contributed by atoms with Gasteiger partial charge < -0.3 is 20.1 Å². The lowest BCUT2D eigenvalue weighted by Gasteiger charge is -2.15. The number of benzene rings is 1. The van der Waals surface area contributed by atoms with Crippen molar-refractivity contribution in [3.63, 3.8) is 0 Å². The zero-order chi connectivity index (χ0) is 21.3.